The first-order valence-electron chi connectivity index (χ1n) is 7.87. The predicted octanol–water partition coefficient (Wildman–Crippen LogP) is 5.19. The lowest BCUT2D eigenvalue weighted by molar-refractivity contribution is -0.142. The summed E-state index contributed by atoms with van der Waals surface area (Å²) in [6.07, 6.45) is -2.56. The number of carbonyl (C=O) groups is 1. The normalized spacial score (nSPS) is 14.4. The highest BCUT2D eigenvalue weighted by Gasteiger charge is 2.38. The first-order chi connectivity index (χ1) is 12.7. The predicted molar refractivity (Wildman–Crippen MR) is 93.6 cm³/mol. The number of carbonyl (C=O) groups excluding carboxylic acids is 1. The number of anilines is 2. The van der Waals surface area contributed by atoms with E-state index in [-0.39, 0.29) is 22.7 Å². The molecule has 0 bridgehead atoms. The largest absolute Gasteiger partial charge is 0.437 e. The van der Waals surface area contributed by atoms with Crippen molar-refractivity contribution in [2.24, 2.45) is 0 Å². The number of halogens is 5. The summed E-state index contributed by atoms with van der Waals surface area (Å²) in [4.78, 5) is 18.9. The van der Waals surface area contributed by atoms with Crippen LogP contribution in [-0.2, 0) is 6.18 Å². The Kier molecular flexibility index (Phi) is 5.61. The van der Waals surface area contributed by atoms with Crippen LogP contribution in [0, 0.1) is 0 Å². The Hall–Kier alpha value is -2.26. The molecular weight excluding hydrogens is 408 g/mol. The molecular formula is C16H13Cl2F3N4O2. The van der Waals surface area contributed by atoms with E-state index in [0.717, 1.165) is 25.5 Å². The van der Waals surface area contributed by atoms with E-state index < -0.39 is 23.7 Å². The molecule has 1 saturated carbocycles. The molecule has 0 atom stereocenters. The van der Waals surface area contributed by atoms with Crippen LogP contribution in [0.3, 0.4) is 0 Å². The molecule has 1 aromatic heterocycles. The molecule has 1 amide bonds. The average Bonchev–Trinajstić information content (AvgIpc) is 2.54. The average molecular weight is 421 g/mol. The number of benzene rings is 1. The number of nitrogens with one attached hydrogen (secondary N) is 2. The molecule has 1 aliphatic carbocycles. The number of hydrogen-bond donors (Lipinski definition) is 2. The van der Waals surface area contributed by atoms with Crippen molar-refractivity contribution in [1.82, 2.24) is 15.3 Å². The maximum Gasteiger partial charge on any atom is 0.437 e. The van der Waals surface area contributed by atoms with E-state index in [2.05, 4.69) is 20.6 Å². The Morgan fingerprint density at radius 3 is 2.59 bits per heavy atom. The van der Waals surface area contributed by atoms with E-state index >= 15 is 0 Å². The summed E-state index contributed by atoms with van der Waals surface area (Å²) < 4.78 is 44.7. The summed E-state index contributed by atoms with van der Waals surface area (Å²) in [7, 11) is 0. The van der Waals surface area contributed by atoms with Crippen LogP contribution < -0.4 is 15.4 Å². The molecule has 144 valence electrons. The molecule has 0 spiro atoms. The Bertz CT molecular complexity index is 860. The van der Waals surface area contributed by atoms with Crippen LogP contribution in [0.25, 0.3) is 0 Å². The third-order valence-corrected chi connectivity index (χ3v) is 4.38. The highest BCUT2D eigenvalue weighted by atomic mass is 35.5. The van der Waals surface area contributed by atoms with Crippen molar-refractivity contribution >= 4 is 40.9 Å². The molecule has 6 nitrogen and oxygen atoms in total. The van der Waals surface area contributed by atoms with Gasteiger partial charge in [-0.3, -0.25) is 0 Å². The third-order valence-electron chi connectivity index (χ3n) is 3.83. The van der Waals surface area contributed by atoms with E-state index in [4.69, 9.17) is 27.9 Å². The van der Waals surface area contributed by atoms with Crippen LogP contribution in [0.1, 0.15) is 25.0 Å². The lowest BCUT2D eigenvalue weighted by Crippen LogP contribution is -2.41. The van der Waals surface area contributed by atoms with Crippen molar-refractivity contribution in [3.63, 3.8) is 0 Å². The molecule has 27 heavy (non-hydrogen) atoms. The number of ether oxygens (including phenoxy) is 1. The number of alkyl halides is 3. The van der Waals surface area contributed by atoms with Crippen molar-refractivity contribution in [2.45, 2.75) is 31.5 Å². The molecule has 0 saturated heterocycles. The summed E-state index contributed by atoms with van der Waals surface area (Å²) in [5, 5.41) is 5.60. The first-order valence-corrected chi connectivity index (χ1v) is 8.62. The molecule has 1 fully saturated rings. The number of hydrogen-bond acceptors (Lipinski definition) is 5. The Balaban J connectivity index is 1.81. The van der Waals surface area contributed by atoms with Gasteiger partial charge in [0.15, 0.2) is 11.4 Å². The van der Waals surface area contributed by atoms with E-state index in [9.17, 15) is 18.0 Å². The molecule has 2 N–H and O–H groups in total. The van der Waals surface area contributed by atoms with Crippen molar-refractivity contribution in [1.29, 1.82) is 0 Å². The Morgan fingerprint density at radius 2 is 2.00 bits per heavy atom. The van der Waals surface area contributed by atoms with Gasteiger partial charge in [-0.2, -0.15) is 13.2 Å². The molecule has 11 heteroatoms. The molecule has 1 aromatic carbocycles. The SMILES string of the molecule is O=C(NC1CCC1)Oc1cnc(Nc2ccc(Cl)cc2Cl)nc1C(F)(F)F. The minimum Gasteiger partial charge on any atom is -0.406 e. The first kappa shape index (κ1) is 19.5. The smallest absolute Gasteiger partial charge is 0.406 e. The van der Waals surface area contributed by atoms with Gasteiger partial charge >= 0.3 is 12.3 Å². The van der Waals surface area contributed by atoms with Gasteiger partial charge in [0.25, 0.3) is 0 Å². The van der Waals surface area contributed by atoms with E-state index in [0.29, 0.717) is 5.02 Å². The van der Waals surface area contributed by atoms with Crippen LogP contribution in [0.2, 0.25) is 10.0 Å². The van der Waals surface area contributed by atoms with Crippen LogP contribution in [-0.4, -0.2) is 22.1 Å². The standard InChI is InChI=1S/C16H13Cl2F3N4O2/c17-8-4-5-11(10(18)6-8)24-14-22-7-12(13(25-14)16(19,20)21)27-15(26)23-9-2-1-3-9/h4-7,9H,1-3H2,(H,23,26)(H,22,24,25). The van der Waals surface area contributed by atoms with E-state index in [1.807, 2.05) is 0 Å². The Morgan fingerprint density at radius 1 is 1.26 bits per heavy atom. The van der Waals surface area contributed by atoms with E-state index in [1.54, 1.807) is 0 Å². The van der Waals surface area contributed by atoms with Crippen LogP contribution in [0.4, 0.5) is 29.6 Å². The number of amides is 1. The van der Waals surface area contributed by atoms with Crippen LogP contribution in [0.15, 0.2) is 24.4 Å². The zero-order valence-corrected chi connectivity index (χ0v) is 15.1. The monoisotopic (exact) mass is 420 g/mol. The second-order valence-corrected chi connectivity index (χ2v) is 6.66. The van der Waals surface area contributed by atoms with Gasteiger partial charge in [0.2, 0.25) is 5.95 Å². The zero-order valence-electron chi connectivity index (χ0n) is 13.6. The van der Waals surface area contributed by atoms with Crippen molar-refractivity contribution in [3.05, 3.63) is 40.1 Å². The quantitative estimate of drug-likeness (QED) is 0.711. The molecule has 0 unspecified atom stereocenters. The van der Waals surface area contributed by atoms with Gasteiger partial charge in [0.1, 0.15) is 0 Å². The van der Waals surface area contributed by atoms with Gasteiger partial charge < -0.3 is 15.4 Å². The maximum absolute atomic E-state index is 13.3. The molecule has 1 aliphatic rings. The lowest BCUT2D eigenvalue weighted by atomic mass is 9.93. The fraction of sp³-hybridized carbons (Fsp3) is 0.312. The van der Waals surface area contributed by atoms with Crippen molar-refractivity contribution in [2.75, 3.05) is 5.32 Å². The van der Waals surface area contributed by atoms with Gasteiger partial charge in [0, 0.05) is 11.1 Å². The van der Waals surface area contributed by atoms with Crippen LogP contribution >= 0.6 is 23.2 Å². The second kappa shape index (κ2) is 7.77. The maximum atomic E-state index is 13.3. The number of nitrogens with zero attached hydrogens (tertiary/aromatic N) is 2. The molecule has 3 rings (SSSR count). The van der Waals surface area contributed by atoms with Gasteiger partial charge in [-0.15, -0.1) is 0 Å². The summed E-state index contributed by atoms with van der Waals surface area (Å²) in [5.41, 5.74) is -1.11. The van der Waals surface area contributed by atoms with Crippen LogP contribution in [0.5, 0.6) is 5.75 Å². The van der Waals surface area contributed by atoms with Gasteiger partial charge in [0.05, 0.1) is 16.9 Å². The second-order valence-electron chi connectivity index (χ2n) is 5.82. The lowest BCUT2D eigenvalue weighted by Gasteiger charge is -2.25. The van der Waals surface area contributed by atoms with Gasteiger partial charge in [-0.1, -0.05) is 23.2 Å². The molecule has 0 aliphatic heterocycles. The summed E-state index contributed by atoms with van der Waals surface area (Å²) >= 11 is 11.8. The summed E-state index contributed by atoms with van der Waals surface area (Å²) in [5.74, 6) is -1.15. The minimum atomic E-state index is -4.85. The molecule has 1 heterocycles. The summed E-state index contributed by atoms with van der Waals surface area (Å²) in [6, 6.07) is 4.31. The highest BCUT2D eigenvalue weighted by molar-refractivity contribution is 6.36. The highest BCUT2D eigenvalue weighted by Crippen LogP contribution is 2.36. The van der Waals surface area contributed by atoms with Gasteiger partial charge in [-0.25, -0.2) is 14.8 Å². The van der Waals surface area contributed by atoms with Crippen molar-refractivity contribution < 1.29 is 22.7 Å². The third kappa shape index (κ3) is 4.92. The Labute approximate surface area is 162 Å². The van der Waals surface area contributed by atoms with E-state index in [1.165, 1.54) is 18.2 Å². The van der Waals surface area contributed by atoms with Crippen molar-refractivity contribution in [3.8, 4) is 5.75 Å². The fourth-order valence-corrected chi connectivity index (χ4v) is 2.72. The fourth-order valence-electron chi connectivity index (χ4n) is 2.27. The summed E-state index contributed by atoms with van der Waals surface area (Å²) in [6.45, 7) is 0. The van der Waals surface area contributed by atoms with Gasteiger partial charge in [-0.05, 0) is 37.5 Å². The number of rotatable bonds is 4. The number of aromatic nitrogens is 2. The molecule has 2 aromatic rings. The zero-order chi connectivity index (χ0) is 19.6. The molecule has 0 radical (unpaired) electrons. The minimum absolute atomic E-state index is 0.0826. The topological polar surface area (TPSA) is 76.1 Å².